The Morgan fingerprint density at radius 3 is 2.46 bits per heavy atom. The van der Waals surface area contributed by atoms with Crippen molar-refractivity contribution in [3.63, 3.8) is 0 Å². The van der Waals surface area contributed by atoms with Crippen LogP contribution in [0, 0.1) is 0 Å². The fourth-order valence-corrected chi connectivity index (χ4v) is 2.51. The molecule has 0 aromatic carbocycles. The number of hydrogen-bond donors (Lipinski definition) is 1. The number of nitrogens with zero attached hydrogens (tertiary/aromatic N) is 1. The minimum Gasteiger partial charge on any atom is -0.392 e. The number of thioether (sulfide) groups is 1. The fourth-order valence-electron chi connectivity index (χ4n) is 1.68. The van der Waals surface area contributed by atoms with Gasteiger partial charge in [0.15, 0.2) is 0 Å². The van der Waals surface area contributed by atoms with Crippen molar-refractivity contribution in [3.05, 3.63) is 0 Å². The molecule has 1 atom stereocenters. The van der Waals surface area contributed by atoms with E-state index < -0.39 is 0 Å². The highest BCUT2D eigenvalue weighted by Crippen LogP contribution is 2.22. The first-order chi connectivity index (χ1) is 6.15. The van der Waals surface area contributed by atoms with Crippen LogP contribution in [0.1, 0.15) is 19.8 Å². The summed E-state index contributed by atoms with van der Waals surface area (Å²) in [6, 6.07) is 0.276. The van der Waals surface area contributed by atoms with Gasteiger partial charge in [-0.3, -0.25) is 4.90 Å². The zero-order valence-electron chi connectivity index (χ0n) is 8.32. The molecule has 2 nitrogen and oxygen atoms in total. The lowest BCUT2D eigenvalue weighted by Gasteiger charge is -2.34. The van der Waals surface area contributed by atoms with Gasteiger partial charge in [0.25, 0.3) is 0 Å². The summed E-state index contributed by atoms with van der Waals surface area (Å²) in [5.74, 6) is 0. The number of nitrogens with two attached hydrogens (primary N) is 1. The molecular formula is C9H18N2S2. The van der Waals surface area contributed by atoms with Crippen molar-refractivity contribution < 1.29 is 0 Å². The molecule has 1 saturated heterocycles. The lowest BCUT2D eigenvalue weighted by Crippen LogP contribution is -2.46. The van der Waals surface area contributed by atoms with E-state index >= 15 is 0 Å². The van der Waals surface area contributed by atoms with Gasteiger partial charge in [0.1, 0.15) is 0 Å². The first-order valence-electron chi connectivity index (χ1n) is 4.71. The van der Waals surface area contributed by atoms with Gasteiger partial charge in [-0.15, -0.1) is 0 Å². The molecule has 0 saturated carbocycles. The van der Waals surface area contributed by atoms with E-state index in [0.29, 0.717) is 4.99 Å². The third-order valence-electron chi connectivity index (χ3n) is 2.77. The Morgan fingerprint density at radius 1 is 1.54 bits per heavy atom. The fraction of sp³-hybridized carbons (Fsp3) is 0.889. The van der Waals surface area contributed by atoms with Gasteiger partial charge >= 0.3 is 0 Å². The molecule has 0 aromatic rings. The molecule has 76 valence electrons. The molecule has 4 heteroatoms. The summed E-state index contributed by atoms with van der Waals surface area (Å²) < 4.78 is 0. The maximum Gasteiger partial charge on any atom is 0.0899 e. The highest BCUT2D eigenvalue weighted by atomic mass is 32.2. The van der Waals surface area contributed by atoms with Crippen LogP contribution in [-0.4, -0.2) is 40.5 Å². The normalized spacial score (nSPS) is 22.9. The summed E-state index contributed by atoms with van der Waals surface area (Å²) in [5, 5.41) is 0.842. The largest absolute Gasteiger partial charge is 0.392 e. The number of piperidine rings is 1. The van der Waals surface area contributed by atoms with Gasteiger partial charge in [-0.2, -0.15) is 11.8 Å². The summed E-state index contributed by atoms with van der Waals surface area (Å²) in [5.41, 5.74) is 5.62. The van der Waals surface area contributed by atoms with Crippen LogP contribution in [0.4, 0.5) is 0 Å². The van der Waals surface area contributed by atoms with Gasteiger partial charge in [0.2, 0.25) is 0 Å². The number of thiocarbonyl (C=S) groups is 1. The molecule has 1 rings (SSSR count). The van der Waals surface area contributed by atoms with Crippen LogP contribution >= 0.6 is 24.0 Å². The Hall–Kier alpha value is 0.200. The quantitative estimate of drug-likeness (QED) is 0.727. The van der Waals surface area contributed by atoms with Crippen LogP contribution in [0.3, 0.4) is 0 Å². The van der Waals surface area contributed by atoms with Crippen molar-refractivity contribution >= 4 is 29.0 Å². The van der Waals surface area contributed by atoms with Crippen LogP contribution in [0.25, 0.3) is 0 Å². The van der Waals surface area contributed by atoms with Gasteiger partial charge in [-0.25, -0.2) is 0 Å². The van der Waals surface area contributed by atoms with Gasteiger partial charge in [-0.05, 0) is 39.1 Å². The van der Waals surface area contributed by atoms with Crippen molar-refractivity contribution in [1.29, 1.82) is 0 Å². The number of rotatable bonds is 3. The van der Waals surface area contributed by atoms with Crippen molar-refractivity contribution in [2.45, 2.75) is 31.1 Å². The molecule has 13 heavy (non-hydrogen) atoms. The van der Waals surface area contributed by atoms with Gasteiger partial charge in [0.05, 0.1) is 11.0 Å². The zero-order valence-corrected chi connectivity index (χ0v) is 9.96. The monoisotopic (exact) mass is 218 g/mol. The van der Waals surface area contributed by atoms with E-state index in [-0.39, 0.29) is 6.04 Å². The minimum absolute atomic E-state index is 0.276. The molecule has 2 N–H and O–H groups in total. The molecule has 1 heterocycles. The summed E-state index contributed by atoms with van der Waals surface area (Å²) in [6.45, 7) is 4.38. The molecule has 0 aromatic heterocycles. The Bertz CT molecular complexity index is 176. The first kappa shape index (κ1) is 11.3. The molecule has 1 aliphatic heterocycles. The molecule has 0 spiro atoms. The number of likely N-dealkylation sites (tertiary alicyclic amines) is 1. The minimum atomic E-state index is 0.276. The van der Waals surface area contributed by atoms with E-state index in [1.54, 1.807) is 0 Å². The number of hydrogen-bond acceptors (Lipinski definition) is 3. The van der Waals surface area contributed by atoms with Crippen molar-refractivity contribution in [2.75, 3.05) is 19.3 Å². The SMILES string of the molecule is CSC1CCN(C(C)C(N)=S)CC1. The van der Waals surface area contributed by atoms with Crippen LogP contribution in [0.2, 0.25) is 0 Å². The van der Waals surface area contributed by atoms with Crippen LogP contribution in [-0.2, 0) is 0 Å². The molecule has 1 fully saturated rings. The predicted molar refractivity (Wildman–Crippen MR) is 64.4 cm³/mol. The van der Waals surface area contributed by atoms with Crippen molar-refractivity contribution in [3.8, 4) is 0 Å². The van der Waals surface area contributed by atoms with Gasteiger partial charge in [0, 0.05) is 5.25 Å². The molecule has 0 aliphatic carbocycles. The van der Waals surface area contributed by atoms with E-state index in [4.69, 9.17) is 18.0 Å². The lowest BCUT2D eigenvalue weighted by atomic mass is 10.1. The standard InChI is InChI=1S/C9H18N2S2/c1-7(9(10)12)11-5-3-8(13-2)4-6-11/h7-8H,3-6H2,1-2H3,(H2,10,12). The van der Waals surface area contributed by atoms with Crippen LogP contribution in [0.5, 0.6) is 0 Å². The van der Waals surface area contributed by atoms with Crippen LogP contribution < -0.4 is 5.73 Å². The summed E-state index contributed by atoms with van der Waals surface area (Å²) >= 11 is 6.96. The van der Waals surface area contributed by atoms with Gasteiger partial charge in [-0.1, -0.05) is 12.2 Å². The molecule has 0 radical (unpaired) electrons. The Kier molecular flexibility index (Phi) is 4.49. The van der Waals surface area contributed by atoms with E-state index in [9.17, 15) is 0 Å². The van der Waals surface area contributed by atoms with Crippen molar-refractivity contribution in [1.82, 2.24) is 4.90 Å². The third kappa shape index (κ3) is 3.11. The van der Waals surface area contributed by atoms with E-state index in [1.165, 1.54) is 12.8 Å². The highest BCUT2D eigenvalue weighted by molar-refractivity contribution is 7.99. The lowest BCUT2D eigenvalue weighted by molar-refractivity contribution is 0.215. The third-order valence-corrected chi connectivity index (χ3v) is 4.25. The van der Waals surface area contributed by atoms with Gasteiger partial charge < -0.3 is 5.73 Å². The Labute approximate surface area is 90.2 Å². The molecule has 0 bridgehead atoms. The zero-order chi connectivity index (χ0) is 9.84. The topological polar surface area (TPSA) is 29.3 Å². The molecule has 0 amide bonds. The maximum absolute atomic E-state index is 5.62. The second-order valence-electron chi connectivity index (χ2n) is 3.55. The first-order valence-corrected chi connectivity index (χ1v) is 6.41. The Balaban J connectivity index is 2.36. The summed E-state index contributed by atoms with van der Waals surface area (Å²) in [6.07, 6.45) is 4.74. The predicted octanol–water partition coefficient (Wildman–Crippen LogP) is 1.49. The maximum atomic E-state index is 5.62. The van der Waals surface area contributed by atoms with E-state index in [2.05, 4.69) is 18.1 Å². The second kappa shape index (κ2) is 5.17. The summed E-state index contributed by atoms with van der Waals surface area (Å²) in [7, 11) is 0. The average Bonchev–Trinajstić information content (AvgIpc) is 2.17. The summed E-state index contributed by atoms with van der Waals surface area (Å²) in [4.78, 5) is 3.01. The van der Waals surface area contributed by atoms with Crippen LogP contribution in [0.15, 0.2) is 0 Å². The highest BCUT2D eigenvalue weighted by Gasteiger charge is 2.22. The smallest absolute Gasteiger partial charge is 0.0899 e. The molecule has 1 unspecified atom stereocenters. The van der Waals surface area contributed by atoms with E-state index in [1.807, 2.05) is 11.8 Å². The molecule has 1 aliphatic rings. The average molecular weight is 218 g/mol. The van der Waals surface area contributed by atoms with E-state index in [0.717, 1.165) is 18.3 Å². The molecular weight excluding hydrogens is 200 g/mol. The second-order valence-corrected chi connectivity index (χ2v) is 5.16. The van der Waals surface area contributed by atoms with Crippen molar-refractivity contribution in [2.24, 2.45) is 5.73 Å². The Morgan fingerprint density at radius 2 is 2.08 bits per heavy atom.